The summed E-state index contributed by atoms with van der Waals surface area (Å²) in [6.07, 6.45) is 2.64. The van der Waals surface area contributed by atoms with Crippen LogP contribution in [0.15, 0.2) is 66.9 Å². The minimum atomic E-state index is -0.337. The standard InChI is InChI=1S/C24H25FN4O/c1-17-2-4-18(5-3-17)14-26-22-12-13-29(16-22)23-11-6-19(15-27-23)24(30)28-21-9-7-20(25)8-10-21/h2-11,15,22,26H,12-14,16H2,1H3,(H,28,30)/t22-/m0/s1. The lowest BCUT2D eigenvalue weighted by Crippen LogP contribution is -2.32. The highest BCUT2D eigenvalue weighted by atomic mass is 19.1. The van der Waals surface area contributed by atoms with E-state index in [-0.39, 0.29) is 11.7 Å². The Morgan fingerprint density at radius 3 is 2.57 bits per heavy atom. The Labute approximate surface area is 176 Å². The van der Waals surface area contributed by atoms with Crippen molar-refractivity contribution >= 4 is 17.4 Å². The molecule has 6 heteroatoms. The van der Waals surface area contributed by atoms with E-state index in [4.69, 9.17) is 0 Å². The number of benzene rings is 2. The largest absolute Gasteiger partial charge is 0.355 e. The summed E-state index contributed by atoms with van der Waals surface area (Å²) in [5.74, 6) is 0.268. The van der Waals surface area contributed by atoms with E-state index >= 15 is 0 Å². The van der Waals surface area contributed by atoms with Crippen molar-refractivity contribution in [2.24, 2.45) is 0 Å². The van der Waals surface area contributed by atoms with Gasteiger partial charge in [0.1, 0.15) is 11.6 Å². The lowest BCUT2D eigenvalue weighted by molar-refractivity contribution is 0.102. The molecule has 2 heterocycles. The van der Waals surface area contributed by atoms with Gasteiger partial charge in [0.15, 0.2) is 0 Å². The summed E-state index contributed by atoms with van der Waals surface area (Å²) in [5, 5.41) is 6.37. The van der Waals surface area contributed by atoms with Crippen LogP contribution in [0.1, 0.15) is 27.9 Å². The van der Waals surface area contributed by atoms with Gasteiger partial charge in [-0.1, -0.05) is 29.8 Å². The van der Waals surface area contributed by atoms with Crippen LogP contribution < -0.4 is 15.5 Å². The van der Waals surface area contributed by atoms with Crippen LogP contribution in [0.3, 0.4) is 0 Å². The maximum atomic E-state index is 13.0. The van der Waals surface area contributed by atoms with Gasteiger partial charge in [0, 0.05) is 37.6 Å². The van der Waals surface area contributed by atoms with Gasteiger partial charge in [-0.05, 0) is 55.3 Å². The third-order valence-corrected chi connectivity index (χ3v) is 5.34. The highest BCUT2D eigenvalue weighted by molar-refractivity contribution is 6.04. The number of carbonyl (C=O) groups is 1. The zero-order valence-corrected chi connectivity index (χ0v) is 16.9. The summed E-state index contributed by atoms with van der Waals surface area (Å²) < 4.78 is 13.0. The number of hydrogen-bond acceptors (Lipinski definition) is 4. The van der Waals surface area contributed by atoms with E-state index in [2.05, 4.69) is 51.7 Å². The van der Waals surface area contributed by atoms with Crippen LogP contribution in [0, 0.1) is 12.7 Å². The molecule has 2 N–H and O–H groups in total. The Balaban J connectivity index is 1.30. The van der Waals surface area contributed by atoms with E-state index in [1.807, 2.05) is 6.07 Å². The van der Waals surface area contributed by atoms with Crippen LogP contribution in [0.4, 0.5) is 15.9 Å². The number of nitrogens with zero attached hydrogens (tertiary/aromatic N) is 2. The second-order valence-corrected chi connectivity index (χ2v) is 7.66. The van der Waals surface area contributed by atoms with Crippen molar-refractivity contribution in [1.82, 2.24) is 10.3 Å². The maximum absolute atomic E-state index is 13.0. The van der Waals surface area contributed by atoms with Crippen molar-refractivity contribution in [1.29, 1.82) is 0 Å². The van der Waals surface area contributed by atoms with Crippen LogP contribution in [-0.2, 0) is 6.54 Å². The number of anilines is 2. The normalized spacial score (nSPS) is 15.9. The zero-order valence-electron chi connectivity index (χ0n) is 16.9. The second kappa shape index (κ2) is 9.05. The Kier molecular flexibility index (Phi) is 6.05. The van der Waals surface area contributed by atoms with Gasteiger partial charge < -0.3 is 15.5 Å². The van der Waals surface area contributed by atoms with E-state index < -0.39 is 0 Å². The van der Waals surface area contributed by atoms with E-state index in [0.29, 0.717) is 17.3 Å². The molecule has 0 spiro atoms. The highest BCUT2D eigenvalue weighted by Crippen LogP contribution is 2.19. The number of hydrogen-bond donors (Lipinski definition) is 2. The fourth-order valence-electron chi connectivity index (χ4n) is 3.55. The molecule has 0 saturated carbocycles. The van der Waals surface area contributed by atoms with E-state index in [9.17, 15) is 9.18 Å². The average Bonchev–Trinajstić information content (AvgIpc) is 3.24. The predicted molar refractivity (Wildman–Crippen MR) is 117 cm³/mol. The Morgan fingerprint density at radius 1 is 1.10 bits per heavy atom. The quantitative estimate of drug-likeness (QED) is 0.648. The molecule has 0 aliphatic carbocycles. The monoisotopic (exact) mass is 404 g/mol. The van der Waals surface area contributed by atoms with Gasteiger partial charge in [-0.2, -0.15) is 0 Å². The fourth-order valence-corrected chi connectivity index (χ4v) is 3.55. The number of aryl methyl sites for hydroxylation is 1. The van der Waals surface area contributed by atoms with Crippen LogP contribution in [0.5, 0.6) is 0 Å². The molecule has 1 saturated heterocycles. The summed E-state index contributed by atoms with van der Waals surface area (Å²) >= 11 is 0. The second-order valence-electron chi connectivity index (χ2n) is 7.66. The molecule has 2 aromatic carbocycles. The Hall–Kier alpha value is -3.25. The Bertz CT molecular complexity index is 987. The highest BCUT2D eigenvalue weighted by Gasteiger charge is 2.23. The number of halogens is 1. The average molecular weight is 404 g/mol. The molecule has 5 nitrogen and oxygen atoms in total. The SMILES string of the molecule is Cc1ccc(CN[C@H]2CCN(c3ccc(C(=O)Nc4ccc(F)cc4)cn3)C2)cc1. The molecule has 1 aliphatic heterocycles. The van der Waals surface area contributed by atoms with E-state index in [1.54, 1.807) is 12.3 Å². The topological polar surface area (TPSA) is 57.3 Å². The lowest BCUT2D eigenvalue weighted by atomic mass is 10.1. The molecule has 0 unspecified atom stereocenters. The first kappa shape index (κ1) is 20.0. The summed E-state index contributed by atoms with van der Waals surface area (Å²) in [4.78, 5) is 19.1. The molecule has 1 aromatic heterocycles. The molecule has 0 radical (unpaired) electrons. The first-order chi connectivity index (χ1) is 14.6. The number of amides is 1. The molecule has 1 fully saturated rings. The summed E-state index contributed by atoms with van der Waals surface area (Å²) in [6, 6.07) is 18.3. The van der Waals surface area contributed by atoms with Crippen LogP contribution in [0.2, 0.25) is 0 Å². The van der Waals surface area contributed by atoms with E-state index in [1.165, 1.54) is 35.4 Å². The molecule has 1 atom stereocenters. The molecule has 154 valence electrons. The van der Waals surface area contributed by atoms with Crippen LogP contribution >= 0.6 is 0 Å². The summed E-state index contributed by atoms with van der Waals surface area (Å²) in [7, 11) is 0. The van der Waals surface area contributed by atoms with E-state index in [0.717, 1.165) is 31.9 Å². The van der Waals surface area contributed by atoms with Gasteiger partial charge >= 0.3 is 0 Å². The van der Waals surface area contributed by atoms with Gasteiger partial charge in [0.25, 0.3) is 5.91 Å². The molecular formula is C24H25FN4O. The smallest absolute Gasteiger partial charge is 0.257 e. The summed E-state index contributed by atoms with van der Waals surface area (Å²) in [5.41, 5.74) is 3.57. The minimum Gasteiger partial charge on any atom is -0.355 e. The Morgan fingerprint density at radius 2 is 1.87 bits per heavy atom. The minimum absolute atomic E-state index is 0.264. The summed E-state index contributed by atoms with van der Waals surface area (Å²) in [6.45, 7) is 4.77. The zero-order chi connectivity index (χ0) is 20.9. The molecule has 30 heavy (non-hydrogen) atoms. The molecule has 1 aliphatic rings. The fraction of sp³-hybridized carbons (Fsp3) is 0.250. The number of carbonyl (C=O) groups excluding carboxylic acids is 1. The predicted octanol–water partition coefficient (Wildman–Crippen LogP) is 4.15. The molecule has 0 bridgehead atoms. The first-order valence-electron chi connectivity index (χ1n) is 10.1. The molecule has 1 amide bonds. The van der Waals surface area contributed by atoms with Gasteiger partial charge in [-0.3, -0.25) is 4.79 Å². The molecule has 4 rings (SSSR count). The van der Waals surface area contributed by atoms with Crippen LogP contribution in [-0.4, -0.2) is 30.0 Å². The van der Waals surface area contributed by atoms with Crippen molar-refractivity contribution in [2.45, 2.75) is 25.9 Å². The number of aromatic nitrogens is 1. The molecule has 3 aromatic rings. The number of nitrogens with one attached hydrogen (secondary N) is 2. The van der Waals surface area contributed by atoms with Crippen molar-refractivity contribution in [3.05, 3.63) is 89.4 Å². The van der Waals surface area contributed by atoms with Crippen LogP contribution in [0.25, 0.3) is 0 Å². The molecular weight excluding hydrogens is 379 g/mol. The maximum Gasteiger partial charge on any atom is 0.257 e. The number of rotatable bonds is 6. The van der Waals surface area contributed by atoms with Gasteiger partial charge in [-0.15, -0.1) is 0 Å². The van der Waals surface area contributed by atoms with Gasteiger partial charge in [-0.25, -0.2) is 9.37 Å². The lowest BCUT2D eigenvalue weighted by Gasteiger charge is -2.18. The van der Waals surface area contributed by atoms with Gasteiger partial charge in [0.05, 0.1) is 5.56 Å². The van der Waals surface area contributed by atoms with Crippen molar-refractivity contribution < 1.29 is 9.18 Å². The van der Waals surface area contributed by atoms with Crippen molar-refractivity contribution in [2.75, 3.05) is 23.3 Å². The number of pyridine rings is 1. The van der Waals surface area contributed by atoms with Gasteiger partial charge in [0.2, 0.25) is 0 Å². The van der Waals surface area contributed by atoms with Crippen molar-refractivity contribution in [3.8, 4) is 0 Å². The third-order valence-electron chi connectivity index (χ3n) is 5.34. The third kappa shape index (κ3) is 5.02. The van der Waals surface area contributed by atoms with Crippen molar-refractivity contribution in [3.63, 3.8) is 0 Å². The first-order valence-corrected chi connectivity index (χ1v) is 10.1.